The largest absolute Gasteiger partial charge is 0.304 e. The monoisotopic (exact) mass is 240 g/mol. The van der Waals surface area contributed by atoms with Gasteiger partial charge in [0.25, 0.3) is 5.69 Å². The quantitative estimate of drug-likeness (QED) is 0.509. The van der Waals surface area contributed by atoms with Gasteiger partial charge in [-0.1, -0.05) is 0 Å². The third kappa shape index (κ3) is 1.69. The van der Waals surface area contributed by atoms with Crippen LogP contribution in [0.5, 0.6) is 0 Å². The van der Waals surface area contributed by atoms with Crippen LogP contribution in [0.25, 0.3) is 16.9 Å². The van der Waals surface area contributed by atoms with Crippen molar-refractivity contribution >= 4 is 11.3 Å². The number of fused-ring (bicyclic) bond motifs is 1. The first-order valence-corrected chi connectivity index (χ1v) is 5.27. The number of imidazole rings is 1. The van der Waals surface area contributed by atoms with Gasteiger partial charge in [0.15, 0.2) is 5.65 Å². The summed E-state index contributed by atoms with van der Waals surface area (Å²) in [5.41, 5.74) is 2.41. The lowest BCUT2D eigenvalue weighted by Crippen LogP contribution is -1.87. The minimum Gasteiger partial charge on any atom is -0.304 e. The molecule has 0 saturated carbocycles. The summed E-state index contributed by atoms with van der Waals surface area (Å²) in [6.07, 6.45) is 7.00. The molecule has 18 heavy (non-hydrogen) atoms. The van der Waals surface area contributed by atoms with Crippen LogP contribution in [-0.4, -0.2) is 19.3 Å². The zero-order chi connectivity index (χ0) is 12.5. The van der Waals surface area contributed by atoms with Crippen molar-refractivity contribution in [3.63, 3.8) is 0 Å². The molecule has 0 amide bonds. The van der Waals surface area contributed by atoms with Crippen molar-refractivity contribution in [1.29, 1.82) is 0 Å². The summed E-state index contributed by atoms with van der Waals surface area (Å²) in [5.74, 6) is 0. The predicted octanol–water partition coefficient (Wildman–Crippen LogP) is 2.30. The van der Waals surface area contributed by atoms with E-state index < -0.39 is 4.92 Å². The van der Waals surface area contributed by atoms with Gasteiger partial charge in [0.05, 0.1) is 16.8 Å². The number of nitro groups is 1. The highest BCUT2D eigenvalue weighted by atomic mass is 16.6. The second-order valence-electron chi connectivity index (χ2n) is 3.77. The highest BCUT2D eigenvalue weighted by Crippen LogP contribution is 2.21. The van der Waals surface area contributed by atoms with Crippen molar-refractivity contribution in [3.05, 3.63) is 59.2 Å². The van der Waals surface area contributed by atoms with Crippen molar-refractivity contribution in [2.24, 2.45) is 0 Å². The fraction of sp³-hybridized carbons (Fsp3) is 0. The summed E-state index contributed by atoms with van der Waals surface area (Å²) < 4.78 is 1.85. The Hall–Kier alpha value is -2.76. The Labute approximate surface area is 102 Å². The number of non-ortho nitro benzene ring substituents is 1. The van der Waals surface area contributed by atoms with Crippen LogP contribution >= 0.6 is 0 Å². The molecule has 0 fully saturated rings. The SMILES string of the molecule is O=[N+]([O-])c1ccc(-c2cn3ccncc3n2)cc1. The average Bonchev–Trinajstić information content (AvgIpc) is 2.82. The van der Waals surface area contributed by atoms with Gasteiger partial charge in [-0.3, -0.25) is 15.1 Å². The van der Waals surface area contributed by atoms with E-state index in [1.54, 1.807) is 30.7 Å². The number of rotatable bonds is 2. The maximum atomic E-state index is 10.6. The number of nitrogens with zero attached hydrogens (tertiary/aromatic N) is 4. The van der Waals surface area contributed by atoms with Crippen molar-refractivity contribution in [3.8, 4) is 11.3 Å². The van der Waals surface area contributed by atoms with Gasteiger partial charge in [-0.2, -0.15) is 0 Å². The molecule has 3 aromatic rings. The molecule has 2 heterocycles. The van der Waals surface area contributed by atoms with Crippen LogP contribution in [0.1, 0.15) is 0 Å². The van der Waals surface area contributed by atoms with E-state index >= 15 is 0 Å². The molecule has 3 rings (SSSR count). The van der Waals surface area contributed by atoms with Crippen LogP contribution in [-0.2, 0) is 0 Å². The van der Waals surface area contributed by atoms with Gasteiger partial charge in [-0.05, 0) is 12.1 Å². The van der Waals surface area contributed by atoms with E-state index in [9.17, 15) is 10.1 Å². The van der Waals surface area contributed by atoms with Gasteiger partial charge < -0.3 is 4.40 Å². The molecule has 88 valence electrons. The molecule has 0 N–H and O–H groups in total. The summed E-state index contributed by atoms with van der Waals surface area (Å²) in [6.45, 7) is 0. The number of hydrogen-bond acceptors (Lipinski definition) is 4. The topological polar surface area (TPSA) is 73.3 Å². The summed E-state index contributed by atoms with van der Waals surface area (Å²) >= 11 is 0. The Kier molecular flexibility index (Phi) is 2.26. The Morgan fingerprint density at radius 1 is 1.22 bits per heavy atom. The highest BCUT2D eigenvalue weighted by molar-refractivity contribution is 5.63. The van der Waals surface area contributed by atoms with E-state index in [1.165, 1.54) is 12.1 Å². The Bertz CT molecular complexity index is 685. The van der Waals surface area contributed by atoms with Crippen molar-refractivity contribution in [2.75, 3.05) is 0 Å². The lowest BCUT2D eigenvalue weighted by Gasteiger charge is -1.95. The fourth-order valence-electron chi connectivity index (χ4n) is 1.74. The van der Waals surface area contributed by atoms with E-state index in [1.807, 2.05) is 10.6 Å². The Morgan fingerprint density at radius 2 is 2.00 bits per heavy atom. The third-order valence-corrected chi connectivity index (χ3v) is 2.64. The minimum absolute atomic E-state index is 0.0733. The van der Waals surface area contributed by atoms with E-state index in [4.69, 9.17) is 0 Å². The molecule has 0 spiro atoms. The standard InChI is InChI=1S/C12H8N4O2/c17-16(18)10-3-1-9(2-4-10)11-8-15-6-5-13-7-12(15)14-11/h1-8H. The van der Waals surface area contributed by atoms with Crippen molar-refractivity contribution in [1.82, 2.24) is 14.4 Å². The fourth-order valence-corrected chi connectivity index (χ4v) is 1.74. The smallest absolute Gasteiger partial charge is 0.269 e. The lowest BCUT2D eigenvalue weighted by atomic mass is 10.1. The number of aromatic nitrogens is 3. The molecular formula is C12H8N4O2. The zero-order valence-corrected chi connectivity index (χ0v) is 9.22. The maximum absolute atomic E-state index is 10.6. The van der Waals surface area contributed by atoms with Gasteiger partial charge in [-0.15, -0.1) is 0 Å². The lowest BCUT2D eigenvalue weighted by molar-refractivity contribution is -0.384. The molecule has 1 aromatic carbocycles. The van der Waals surface area contributed by atoms with Gasteiger partial charge >= 0.3 is 0 Å². The second-order valence-corrected chi connectivity index (χ2v) is 3.77. The summed E-state index contributed by atoms with van der Waals surface area (Å²) in [7, 11) is 0. The molecule has 0 bridgehead atoms. The van der Waals surface area contributed by atoms with Crippen LogP contribution < -0.4 is 0 Å². The molecule has 6 nitrogen and oxygen atoms in total. The van der Waals surface area contributed by atoms with Crippen LogP contribution in [0.15, 0.2) is 49.1 Å². The number of nitro benzene ring substituents is 1. The average molecular weight is 240 g/mol. The molecule has 2 aromatic heterocycles. The first-order chi connectivity index (χ1) is 8.74. The van der Waals surface area contributed by atoms with E-state index in [0.717, 1.165) is 16.9 Å². The van der Waals surface area contributed by atoms with Crippen LogP contribution in [0.3, 0.4) is 0 Å². The second kappa shape index (κ2) is 3.92. The molecular weight excluding hydrogens is 232 g/mol. The van der Waals surface area contributed by atoms with Crippen LogP contribution in [0.4, 0.5) is 5.69 Å². The maximum Gasteiger partial charge on any atom is 0.269 e. The van der Waals surface area contributed by atoms with Gasteiger partial charge in [0, 0.05) is 36.3 Å². The molecule has 0 unspecified atom stereocenters. The van der Waals surface area contributed by atoms with Crippen molar-refractivity contribution < 1.29 is 4.92 Å². The normalized spacial score (nSPS) is 10.7. The third-order valence-electron chi connectivity index (χ3n) is 2.64. The number of benzene rings is 1. The Balaban J connectivity index is 2.06. The summed E-state index contributed by atoms with van der Waals surface area (Å²) in [4.78, 5) is 18.5. The first-order valence-electron chi connectivity index (χ1n) is 5.27. The predicted molar refractivity (Wildman–Crippen MR) is 65.1 cm³/mol. The van der Waals surface area contributed by atoms with Gasteiger partial charge in [-0.25, -0.2) is 4.98 Å². The molecule has 0 radical (unpaired) electrons. The van der Waals surface area contributed by atoms with Crippen LogP contribution in [0, 0.1) is 10.1 Å². The first kappa shape index (κ1) is 10.4. The summed E-state index contributed by atoms with van der Waals surface area (Å²) in [5, 5.41) is 10.6. The summed E-state index contributed by atoms with van der Waals surface area (Å²) in [6, 6.07) is 6.32. The molecule has 0 aliphatic rings. The minimum atomic E-state index is -0.419. The highest BCUT2D eigenvalue weighted by Gasteiger charge is 2.07. The molecule has 6 heteroatoms. The van der Waals surface area contributed by atoms with Crippen molar-refractivity contribution in [2.45, 2.75) is 0 Å². The van der Waals surface area contributed by atoms with E-state index in [-0.39, 0.29) is 5.69 Å². The van der Waals surface area contributed by atoms with Gasteiger partial charge in [0.1, 0.15) is 0 Å². The van der Waals surface area contributed by atoms with E-state index in [2.05, 4.69) is 9.97 Å². The van der Waals surface area contributed by atoms with Crippen LogP contribution in [0.2, 0.25) is 0 Å². The molecule has 0 aliphatic heterocycles. The molecule has 0 saturated heterocycles. The molecule has 0 aliphatic carbocycles. The number of hydrogen-bond donors (Lipinski definition) is 0. The zero-order valence-electron chi connectivity index (χ0n) is 9.22. The van der Waals surface area contributed by atoms with Gasteiger partial charge in [0.2, 0.25) is 0 Å². The molecule has 0 atom stereocenters. The van der Waals surface area contributed by atoms with E-state index in [0.29, 0.717) is 0 Å². The Morgan fingerprint density at radius 3 is 2.67 bits per heavy atom.